The number of nitrogens with zero attached hydrogens (tertiary/aromatic N) is 2. The van der Waals surface area contributed by atoms with Gasteiger partial charge >= 0.3 is 0 Å². The maximum atomic E-state index is 13.1. The minimum atomic E-state index is -3.14. The van der Waals surface area contributed by atoms with Crippen LogP contribution in [0.2, 0.25) is 0 Å². The summed E-state index contributed by atoms with van der Waals surface area (Å²) in [4.78, 5) is 12.3. The molecule has 0 saturated heterocycles. The summed E-state index contributed by atoms with van der Waals surface area (Å²) in [6.45, 7) is 2.87. The fourth-order valence-corrected chi connectivity index (χ4v) is 2.23. The van der Waals surface area contributed by atoms with E-state index in [1.807, 2.05) is 0 Å². The molecule has 126 valence electrons. The predicted octanol–water partition coefficient (Wildman–Crippen LogP) is 2.02. The summed E-state index contributed by atoms with van der Waals surface area (Å²) in [6, 6.07) is 6.45. The van der Waals surface area contributed by atoms with E-state index in [2.05, 4.69) is 5.10 Å². The second kappa shape index (κ2) is 6.49. The van der Waals surface area contributed by atoms with Crippen LogP contribution >= 0.6 is 0 Å². The monoisotopic (exact) mass is 328 g/mol. The van der Waals surface area contributed by atoms with E-state index in [9.17, 15) is 18.7 Å². The van der Waals surface area contributed by atoms with E-state index in [1.165, 1.54) is 21.0 Å². The molecule has 1 N–H and O–H groups in total. The van der Waals surface area contributed by atoms with Gasteiger partial charge in [0.15, 0.2) is 6.10 Å². The van der Waals surface area contributed by atoms with Crippen LogP contribution in [0.15, 0.2) is 29.4 Å². The van der Waals surface area contributed by atoms with Crippen molar-refractivity contribution in [2.45, 2.75) is 38.5 Å². The zero-order valence-corrected chi connectivity index (χ0v) is 13.0. The van der Waals surface area contributed by atoms with Crippen LogP contribution in [-0.4, -0.2) is 47.1 Å². The molecule has 0 radical (unpaired) electrons. The van der Waals surface area contributed by atoms with Crippen molar-refractivity contribution in [3.8, 4) is 11.5 Å². The van der Waals surface area contributed by atoms with Crippen LogP contribution in [0.25, 0.3) is 0 Å². The lowest BCUT2D eigenvalue weighted by atomic mass is 10.1. The number of amides is 1. The standard InChI is InChI=1S/C15H18F2N2O4/c1-9-8-15(21,14(16)17)19(18-9)13(20)10(2)23-12-6-4-11(22-3)5-7-12/h4-7,10,14,21H,8H2,1-3H3/t10-,15-/m1/s1. The Kier molecular flexibility index (Phi) is 4.84. The number of hydrogen-bond donors (Lipinski definition) is 1. The van der Waals surface area contributed by atoms with Crippen LogP contribution in [0.3, 0.4) is 0 Å². The number of rotatable bonds is 5. The third-order valence-corrected chi connectivity index (χ3v) is 3.43. The van der Waals surface area contributed by atoms with Gasteiger partial charge in [0.25, 0.3) is 12.3 Å². The summed E-state index contributed by atoms with van der Waals surface area (Å²) in [5.41, 5.74) is -2.38. The van der Waals surface area contributed by atoms with Crippen molar-refractivity contribution in [1.82, 2.24) is 5.01 Å². The Labute approximate surface area is 132 Å². The second-order valence-electron chi connectivity index (χ2n) is 5.28. The lowest BCUT2D eigenvalue weighted by Gasteiger charge is -2.31. The van der Waals surface area contributed by atoms with Gasteiger partial charge in [0.05, 0.1) is 7.11 Å². The number of halogens is 2. The number of aliphatic hydroxyl groups is 1. The third kappa shape index (κ3) is 3.42. The summed E-state index contributed by atoms with van der Waals surface area (Å²) in [5, 5.41) is 14.2. The zero-order valence-electron chi connectivity index (χ0n) is 13.0. The number of benzene rings is 1. The SMILES string of the molecule is COc1ccc(O[C@H](C)C(=O)N2N=C(C)C[C@@]2(O)C(F)F)cc1. The van der Waals surface area contributed by atoms with E-state index in [4.69, 9.17) is 9.47 Å². The highest BCUT2D eigenvalue weighted by atomic mass is 19.3. The normalized spacial score (nSPS) is 22.0. The fourth-order valence-electron chi connectivity index (χ4n) is 2.23. The van der Waals surface area contributed by atoms with Crippen LogP contribution in [0, 0.1) is 0 Å². The molecule has 0 fully saturated rings. The maximum Gasteiger partial charge on any atom is 0.287 e. The molecule has 1 aromatic rings. The summed E-state index contributed by atoms with van der Waals surface area (Å²) < 4.78 is 36.6. The van der Waals surface area contributed by atoms with E-state index in [0.717, 1.165) is 0 Å². The quantitative estimate of drug-likeness (QED) is 0.898. The molecule has 2 rings (SSSR count). The number of alkyl halides is 2. The highest BCUT2D eigenvalue weighted by Gasteiger charge is 2.51. The van der Waals surface area contributed by atoms with Crippen molar-refractivity contribution in [2.75, 3.05) is 7.11 Å². The van der Waals surface area contributed by atoms with Gasteiger partial charge in [0, 0.05) is 12.1 Å². The Bertz CT molecular complexity index is 606. The van der Waals surface area contributed by atoms with Gasteiger partial charge in [0.1, 0.15) is 11.5 Å². The molecule has 6 nitrogen and oxygen atoms in total. The van der Waals surface area contributed by atoms with Crippen LogP contribution < -0.4 is 9.47 Å². The maximum absolute atomic E-state index is 13.1. The average Bonchev–Trinajstić information content (AvgIpc) is 2.83. The number of methoxy groups -OCH3 is 1. The lowest BCUT2D eigenvalue weighted by Crippen LogP contribution is -2.54. The molecule has 0 spiro atoms. The lowest BCUT2D eigenvalue weighted by molar-refractivity contribution is -0.196. The topological polar surface area (TPSA) is 71.4 Å². The van der Waals surface area contributed by atoms with Crippen LogP contribution in [0.1, 0.15) is 20.3 Å². The molecule has 8 heteroatoms. The predicted molar refractivity (Wildman–Crippen MR) is 78.6 cm³/mol. The minimum Gasteiger partial charge on any atom is -0.497 e. The molecular weight excluding hydrogens is 310 g/mol. The minimum absolute atomic E-state index is 0.248. The first-order valence-corrected chi connectivity index (χ1v) is 6.97. The van der Waals surface area contributed by atoms with E-state index in [-0.39, 0.29) is 5.71 Å². The van der Waals surface area contributed by atoms with Crippen molar-refractivity contribution >= 4 is 11.6 Å². The number of hydrazone groups is 1. The van der Waals surface area contributed by atoms with Crippen LogP contribution in [0.5, 0.6) is 11.5 Å². The van der Waals surface area contributed by atoms with E-state index >= 15 is 0 Å². The first kappa shape index (κ1) is 17.1. The van der Waals surface area contributed by atoms with Crippen molar-refractivity contribution in [2.24, 2.45) is 5.10 Å². The molecule has 1 aromatic carbocycles. The average molecular weight is 328 g/mol. The van der Waals surface area contributed by atoms with Gasteiger partial charge in [-0.15, -0.1) is 0 Å². The van der Waals surface area contributed by atoms with Crippen molar-refractivity contribution in [3.05, 3.63) is 24.3 Å². The molecule has 1 heterocycles. The molecule has 1 aliphatic heterocycles. The Balaban J connectivity index is 2.11. The molecule has 23 heavy (non-hydrogen) atoms. The zero-order chi connectivity index (χ0) is 17.2. The summed E-state index contributed by atoms with van der Waals surface area (Å²) in [5.74, 6) is 0.135. The number of ether oxygens (including phenoxy) is 2. The van der Waals surface area contributed by atoms with E-state index in [0.29, 0.717) is 16.5 Å². The molecule has 0 aliphatic carbocycles. The molecule has 0 aromatic heterocycles. The third-order valence-electron chi connectivity index (χ3n) is 3.43. The van der Waals surface area contributed by atoms with Gasteiger partial charge < -0.3 is 14.6 Å². The van der Waals surface area contributed by atoms with Gasteiger partial charge in [-0.25, -0.2) is 8.78 Å². The summed E-state index contributed by atoms with van der Waals surface area (Å²) in [7, 11) is 1.51. The smallest absolute Gasteiger partial charge is 0.287 e. The Hall–Kier alpha value is -2.22. The molecule has 1 aliphatic rings. The Morgan fingerprint density at radius 3 is 2.43 bits per heavy atom. The fraction of sp³-hybridized carbons (Fsp3) is 0.467. The molecule has 2 atom stereocenters. The van der Waals surface area contributed by atoms with Gasteiger partial charge in [-0.3, -0.25) is 4.79 Å². The number of carbonyl (C=O) groups excluding carboxylic acids is 1. The largest absolute Gasteiger partial charge is 0.497 e. The molecular formula is C15H18F2N2O4. The highest BCUT2D eigenvalue weighted by Crippen LogP contribution is 2.32. The Morgan fingerprint density at radius 2 is 1.91 bits per heavy atom. The highest BCUT2D eigenvalue weighted by molar-refractivity contribution is 5.90. The summed E-state index contributed by atoms with van der Waals surface area (Å²) >= 11 is 0. The molecule has 0 bridgehead atoms. The van der Waals surface area contributed by atoms with Gasteiger partial charge in [0.2, 0.25) is 5.72 Å². The molecule has 0 saturated carbocycles. The van der Waals surface area contributed by atoms with Gasteiger partial charge in [-0.1, -0.05) is 0 Å². The summed E-state index contributed by atoms with van der Waals surface area (Å²) in [6.07, 6.45) is -4.63. The van der Waals surface area contributed by atoms with Crippen molar-refractivity contribution in [3.63, 3.8) is 0 Å². The van der Waals surface area contributed by atoms with E-state index in [1.54, 1.807) is 24.3 Å². The molecule has 1 amide bonds. The number of carbonyl (C=O) groups is 1. The first-order chi connectivity index (χ1) is 10.8. The van der Waals surface area contributed by atoms with Crippen LogP contribution in [-0.2, 0) is 4.79 Å². The van der Waals surface area contributed by atoms with Gasteiger partial charge in [-0.05, 0) is 38.1 Å². The van der Waals surface area contributed by atoms with E-state index < -0.39 is 30.6 Å². The van der Waals surface area contributed by atoms with Gasteiger partial charge in [-0.2, -0.15) is 10.1 Å². The number of hydrogen-bond acceptors (Lipinski definition) is 5. The molecule has 0 unspecified atom stereocenters. The second-order valence-corrected chi connectivity index (χ2v) is 5.28. The van der Waals surface area contributed by atoms with Crippen LogP contribution in [0.4, 0.5) is 8.78 Å². The first-order valence-electron chi connectivity index (χ1n) is 6.97. The van der Waals surface area contributed by atoms with Crippen molar-refractivity contribution < 1.29 is 28.2 Å². The van der Waals surface area contributed by atoms with Crippen molar-refractivity contribution in [1.29, 1.82) is 0 Å². The Morgan fingerprint density at radius 1 is 1.35 bits per heavy atom.